The fourth-order valence-corrected chi connectivity index (χ4v) is 2.93. The summed E-state index contributed by atoms with van der Waals surface area (Å²) in [4.78, 5) is 0. The highest BCUT2D eigenvalue weighted by Crippen LogP contribution is 2.12. The lowest BCUT2D eigenvalue weighted by atomic mass is 10.0. The molecule has 2 nitrogen and oxygen atoms in total. The Kier molecular flexibility index (Phi) is 10.9. The molecule has 0 spiro atoms. The molecule has 2 aromatic rings. The zero-order valence-electron chi connectivity index (χ0n) is 17.5. The van der Waals surface area contributed by atoms with Gasteiger partial charge in [-0.1, -0.05) is 63.5 Å². The van der Waals surface area contributed by atoms with Gasteiger partial charge in [-0.25, -0.2) is 0 Å². The van der Waals surface area contributed by atoms with Gasteiger partial charge in [0.1, 0.15) is 12.4 Å². The van der Waals surface area contributed by atoms with Crippen molar-refractivity contribution < 1.29 is 9.47 Å². The minimum absolute atomic E-state index is 0.579. The Bertz CT molecular complexity index is 643. The van der Waals surface area contributed by atoms with Gasteiger partial charge in [0.25, 0.3) is 0 Å². The molecule has 2 aromatic carbocycles. The second kappa shape index (κ2) is 13.9. The highest BCUT2D eigenvalue weighted by atomic mass is 16.5. The van der Waals surface area contributed by atoms with E-state index in [-0.39, 0.29) is 0 Å². The quantitative estimate of drug-likeness (QED) is 0.314. The standard InChI is InChI=1S/C26H34O2/c1-3-5-6-7-8-9-23-10-12-24(13-11-23)14-15-25-16-18-26(19-17-25)28-22-21-27-20-4-2/h10-13,16-19H,3-9,20-22H2,1-2H3. The monoisotopic (exact) mass is 378 g/mol. The Morgan fingerprint density at radius 2 is 1.29 bits per heavy atom. The van der Waals surface area contributed by atoms with Crippen molar-refractivity contribution in [2.75, 3.05) is 19.8 Å². The summed E-state index contributed by atoms with van der Waals surface area (Å²) < 4.78 is 11.1. The summed E-state index contributed by atoms with van der Waals surface area (Å²) in [7, 11) is 0. The molecular weight excluding hydrogens is 344 g/mol. The van der Waals surface area contributed by atoms with Gasteiger partial charge in [0.05, 0.1) is 6.61 Å². The van der Waals surface area contributed by atoms with E-state index >= 15 is 0 Å². The molecule has 0 fully saturated rings. The summed E-state index contributed by atoms with van der Waals surface area (Å²) >= 11 is 0. The lowest BCUT2D eigenvalue weighted by Gasteiger charge is -2.06. The van der Waals surface area contributed by atoms with Crippen LogP contribution in [0.1, 0.15) is 69.1 Å². The molecule has 150 valence electrons. The fraction of sp³-hybridized carbons (Fsp3) is 0.462. The minimum Gasteiger partial charge on any atom is -0.491 e. The number of benzene rings is 2. The molecule has 0 saturated carbocycles. The molecule has 2 rings (SSSR count). The smallest absolute Gasteiger partial charge is 0.119 e. The van der Waals surface area contributed by atoms with Gasteiger partial charge in [-0.05, 0) is 61.2 Å². The molecule has 0 aliphatic carbocycles. The highest BCUT2D eigenvalue weighted by molar-refractivity contribution is 5.44. The molecule has 0 N–H and O–H groups in total. The maximum Gasteiger partial charge on any atom is 0.119 e. The Hall–Kier alpha value is -2.24. The van der Waals surface area contributed by atoms with Crippen molar-refractivity contribution >= 4 is 0 Å². The molecule has 0 atom stereocenters. The van der Waals surface area contributed by atoms with Crippen molar-refractivity contribution in [3.05, 3.63) is 65.2 Å². The molecule has 0 aliphatic heterocycles. The zero-order chi connectivity index (χ0) is 19.9. The van der Waals surface area contributed by atoms with E-state index in [1.165, 1.54) is 44.1 Å². The first-order valence-electron chi connectivity index (χ1n) is 10.7. The normalized spacial score (nSPS) is 10.4. The van der Waals surface area contributed by atoms with Crippen LogP contribution in [0.4, 0.5) is 0 Å². The van der Waals surface area contributed by atoms with Crippen LogP contribution in [0.2, 0.25) is 0 Å². The van der Waals surface area contributed by atoms with Crippen molar-refractivity contribution in [3.63, 3.8) is 0 Å². The Morgan fingerprint density at radius 3 is 1.93 bits per heavy atom. The van der Waals surface area contributed by atoms with Crippen molar-refractivity contribution in [2.24, 2.45) is 0 Å². The average Bonchev–Trinajstić information content (AvgIpc) is 2.74. The predicted molar refractivity (Wildman–Crippen MR) is 118 cm³/mol. The van der Waals surface area contributed by atoms with E-state index < -0.39 is 0 Å². The maximum atomic E-state index is 5.66. The van der Waals surface area contributed by atoms with Crippen LogP contribution >= 0.6 is 0 Å². The third-order valence-electron chi connectivity index (χ3n) is 4.57. The van der Waals surface area contributed by atoms with Gasteiger partial charge in [0.15, 0.2) is 0 Å². The molecule has 0 aromatic heterocycles. The summed E-state index contributed by atoms with van der Waals surface area (Å²) in [6.45, 7) is 6.36. The molecule has 0 bridgehead atoms. The van der Waals surface area contributed by atoms with Gasteiger partial charge in [-0.2, -0.15) is 0 Å². The first-order chi connectivity index (χ1) is 13.8. The average molecular weight is 379 g/mol. The van der Waals surface area contributed by atoms with Crippen LogP contribution in [0, 0.1) is 11.8 Å². The molecule has 0 saturated heterocycles. The number of unbranched alkanes of at least 4 members (excludes halogenated alkanes) is 4. The topological polar surface area (TPSA) is 18.5 Å². The third-order valence-corrected chi connectivity index (χ3v) is 4.57. The van der Waals surface area contributed by atoms with Gasteiger partial charge in [0.2, 0.25) is 0 Å². The Balaban J connectivity index is 1.76. The number of hydrogen-bond acceptors (Lipinski definition) is 2. The van der Waals surface area contributed by atoms with Gasteiger partial charge >= 0.3 is 0 Å². The minimum atomic E-state index is 0.579. The van der Waals surface area contributed by atoms with Crippen LogP contribution in [0.25, 0.3) is 0 Å². The lowest BCUT2D eigenvalue weighted by Crippen LogP contribution is -2.06. The summed E-state index contributed by atoms with van der Waals surface area (Å²) in [5, 5.41) is 0. The first kappa shape index (κ1) is 22.1. The van der Waals surface area contributed by atoms with Crippen LogP contribution in [0.3, 0.4) is 0 Å². The third kappa shape index (κ3) is 9.11. The van der Waals surface area contributed by atoms with Crippen LogP contribution in [0.5, 0.6) is 5.75 Å². The van der Waals surface area contributed by atoms with E-state index in [2.05, 4.69) is 50.0 Å². The predicted octanol–water partition coefficient (Wildman–Crippen LogP) is 6.40. The van der Waals surface area contributed by atoms with Gasteiger partial charge < -0.3 is 9.47 Å². The molecule has 0 radical (unpaired) electrons. The van der Waals surface area contributed by atoms with E-state index in [1.807, 2.05) is 24.3 Å². The van der Waals surface area contributed by atoms with Crippen LogP contribution in [-0.2, 0) is 11.2 Å². The second-order valence-corrected chi connectivity index (χ2v) is 7.10. The van der Waals surface area contributed by atoms with E-state index in [9.17, 15) is 0 Å². The molecule has 0 amide bonds. The molecule has 0 heterocycles. The molecule has 0 aliphatic rings. The van der Waals surface area contributed by atoms with E-state index in [0.717, 1.165) is 29.9 Å². The Labute approximate surface area is 171 Å². The van der Waals surface area contributed by atoms with Crippen LogP contribution in [-0.4, -0.2) is 19.8 Å². The molecule has 0 unspecified atom stereocenters. The van der Waals surface area contributed by atoms with E-state index in [1.54, 1.807) is 0 Å². The summed E-state index contributed by atoms with van der Waals surface area (Å²) in [5.74, 6) is 7.33. The van der Waals surface area contributed by atoms with E-state index in [4.69, 9.17) is 9.47 Å². The van der Waals surface area contributed by atoms with Crippen molar-refractivity contribution in [2.45, 2.75) is 58.8 Å². The number of aryl methyl sites for hydroxylation is 1. The number of rotatable bonds is 12. The van der Waals surface area contributed by atoms with Gasteiger partial charge in [-0.3, -0.25) is 0 Å². The van der Waals surface area contributed by atoms with Crippen LogP contribution < -0.4 is 4.74 Å². The first-order valence-corrected chi connectivity index (χ1v) is 10.7. The van der Waals surface area contributed by atoms with Gasteiger partial charge in [0, 0.05) is 17.7 Å². The van der Waals surface area contributed by atoms with Crippen molar-refractivity contribution in [3.8, 4) is 17.6 Å². The zero-order valence-corrected chi connectivity index (χ0v) is 17.5. The lowest BCUT2D eigenvalue weighted by molar-refractivity contribution is 0.101. The maximum absolute atomic E-state index is 5.66. The summed E-state index contributed by atoms with van der Waals surface area (Å²) in [6, 6.07) is 16.6. The molecule has 28 heavy (non-hydrogen) atoms. The second-order valence-electron chi connectivity index (χ2n) is 7.10. The largest absolute Gasteiger partial charge is 0.491 e. The summed E-state index contributed by atoms with van der Waals surface area (Å²) in [6.07, 6.45) is 8.84. The van der Waals surface area contributed by atoms with Crippen molar-refractivity contribution in [1.82, 2.24) is 0 Å². The summed E-state index contributed by atoms with van der Waals surface area (Å²) in [5.41, 5.74) is 3.46. The fourth-order valence-electron chi connectivity index (χ4n) is 2.93. The number of hydrogen-bond donors (Lipinski definition) is 0. The molecule has 2 heteroatoms. The van der Waals surface area contributed by atoms with Crippen molar-refractivity contribution in [1.29, 1.82) is 0 Å². The number of ether oxygens (including phenoxy) is 2. The molecular formula is C26H34O2. The highest BCUT2D eigenvalue weighted by Gasteiger charge is 1.96. The SMILES string of the molecule is CCCCCCCc1ccc(C#Cc2ccc(OCCOCCC)cc2)cc1. The van der Waals surface area contributed by atoms with E-state index in [0.29, 0.717) is 13.2 Å². The van der Waals surface area contributed by atoms with Gasteiger partial charge in [-0.15, -0.1) is 0 Å². The van der Waals surface area contributed by atoms with Crippen LogP contribution in [0.15, 0.2) is 48.5 Å². The Morgan fingerprint density at radius 1 is 0.643 bits per heavy atom.